The Morgan fingerprint density at radius 2 is 2.33 bits per heavy atom. The van der Waals surface area contributed by atoms with Crippen molar-refractivity contribution >= 4 is 5.97 Å². The van der Waals surface area contributed by atoms with Gasteiger partial charge in [0.1, 0.15) is 5.82 Å². The molecule has 1 atom stereocenters. The number of H-pyrrole nitrogens is 1. The molecule has 0 bridgehead atoms. The van der Waals surface area contributed by atoms with Crippen molar-refractivity contribution in [2.24, 2.45) is 5.73 Å². The Morgan fingerprint density at radius 1 is 1.60 bits per heavy atom. The Labute approximate surface area is 88.2 Å². The number of carbonyl (C=O) groups excluding carboxylic acids is 1. The van der Waals surface area contributed by atoms with Crippen molar-refractivity contribution in [3.05, 3.63) is 11.6 Å². The summed E-state index contributed by atoms with van der Waals surface area (Å²) in [4.78, 5) is 15.2. The first-order chi connectivity index (χ1) is 7.17. The van der Waals surface area contributed by atoms with Crippen LogP contribution >= 0.6 is 0 Å². The van der Waals surface area contributed by atoms with E-state index in [0.29, 0.717) is 18.9 Å². The fourth-order valence-corrected chi connectivity index (χ4v) is 1.07. The van der Waals surface area contributed by atoms with Gasteiger partial charge in [0.15, 0.2) is 0 Å². The van der Waals surface area contributed by atoms with Crippen LogP contribution in [0.4, 0.5) is 0 Å². The van der Waals surface area contributed by atoms with Gasteiger partial charge in [0.2, 0.25) is 0 Å². The molecule has 6 heteroatoms. The predicted molar refractivity (Wildman–Crippen MR) is 54.3 cm³/mol. The summed E-state index contributed by atoms with van der Waals surface area (Å²) >= 11 is 0. The molecular weight excluding hydrogens is 196 g/mol. The van der Waals surface area contributed by atoms with E-state index in [2.05, 4.69) is 15.2 Å². The van der Waals surface area contributed by atoms with Crippen LogP contribution in [0.5, 0.6) is 0 Å². The average molecular weight is 212 g/mol. The smallest absolute Gasteiger partial charge is 0.378 e. The van der Waals surface area contributed by atoms with Crippen molar-refractivity contribution in [2.45, 2.75) is 32.7 Å². The third-order valence-corrected chi connectivity index (χ3v) is 1.97. The summed E-state index contributed by atoms with van der Waals surface area (Å²) in [7, 11) is 0. The standard InChI is InChI=1S/C9H16N4O2/c1-3-6(10)5-7-11-8(13-12-7)9(14)15-4-2/h6H,3-5,10H2,1-2H3,(H,11,12,13). The molecule has 0 saturated carbocycles. The van der Waals surface area contributed by atoms with E-state index in [-0.39, 0.29) is 11.9 Å². The number of nitrogens with one attached hydrogen (secondary N) is 1. The second kappa shape index (κ2) is 5.45. The molecule has 0 fully saturated rings. The zero-order valence-corrected chi connectivity index (χ0v) is 8.99. The van der Waals surface area contributed by atoms with Crippen LogP contribution in [-0.4, -0.2) is 33.8 Å². The van der Waals surface area contributed by atoms with Crippen molar-refractivity contribution in [1.29, 1.82) is 0 Å². The number of aromatic amines is 1. The maximum atomic E-state index is 11.2. The Morgan fingerprint density at radius 3 is 2.93 bits per heavy atom. The van der Waals surface area contributed by atoms with Crippen LogP contribution in [-0.2, 0) is 11.2 Å². The van der Waals surface area contributed by atoms with Gasteiger partial charge in [0, 0.05) is 12.5 Å². The van der Waals surface area contributed by atoms with E-state index in [1.165, 1.54) is 0 Å². The third-order valence-electron chi connectivity index (χ3n) is 1.97. The van der Waals surface area contributed by atoms with Crippen LogP contribution < -0.4 is 5.73 Å². The number of esters is 1. The topological polar surface area (TPSA) is 93.9 Å². The largest absolute Gasteiger partial charge is 0.460 e. The summed E-state index contributed by atoms with van der Waals surface area (Å²) < 4.78 is 4.76. The van der Waals surface area contributed by atoms with Crippen LogP contribution in [0.3, 0.4) is 0 Å². The molecule has 0 radical (unpaired) electrons. The highest BCUT2D eigenvalue weighted by molar-refractivity contribution is 5.84. The minimum atomic E-state index is -0.509. The fourth-order valence-electron chi connectivity index (χ4n) is 1.07. The zero-order chi connectivity index (χ0) is 11.3. The molecule has 0 saturated heterocycles. The Kier molecular flexibility index (Phi) is 4.23. The molecule has 84 valence electrons. The van der Waals surface area contributed by atoms with Crippen LogP contribution in [0.15, 0.2) is 0 Å². The molecule has 6 nitrogen and oxygen atoms in total. The molecule has 3 N–H and O–H groups in total. The van der Waals surface area contributed by atoms with E-state index in [9.17, 15) is 4.79 Å². The highest BCUT2D eigenvalue weighted by Crippen LogP contribution is 2.00. The van der Waals surface area contributed by atoms with Gasteiger partial charge in [-0.25, -0.2) is 9.78 Å². The molecular formula is C9H16N4O2. The lowest BCUT2D eigenvalue weighted by Crippen LogP contribution is -2.22. The highest BCUT2D eigenvalue weighted by atomic mass is 16.5. The van der Waals surface area contributed by atoms with Gasteiger partial charge in [-0.3, -0.25) is 5.10 Å². The molecule has 0 aliphatic carbocycles. The quantitative estimate of drug-likeness (QED) is 0.683. The van der Waals surface area contributed by atoms with Crippen molar-refractivity contribution in [2.75, 3.05) is 6.61 Å². The minimum absolute atomic E-state index is 0.0352. The number of hydrogen-bond acceptors (Lipinski definition) is 5. The first-order valence-corrected chi connectivity index (χ1v) is 5.01. The molecule has 1 unspecified atom stereocenters. The molecule has 0 amide bonds. The van der Waals surface area contributed by atoms with Gasteiger partial charge in [0.05, 0.1) is 6.61 Å². The molecule has 1 rings (SSSR count). The van der Waals surface area contributed by atoms with E-state index in [0.717, 1.165) is 6.42 Å². The van der Waals surface area contributed by atoms with Crippen molar-refractivity contribution < 1.29 is 9.53 Å². The Bertz CT molecular complexity index is 324. The summed E-state index contributed by atoms with van der Waals surface area (Å²) in [6, 6.07) is 0.0352. The summed E-state index contributed by atoms with van der Waals surface area (Å²) in [6.45, 7) is 4.04. The number of nitrogens with zero attached hydrogens (tertiary/aromatic N) is 2. The Hall–Kier alpha value is -1.43. The average Bonchev–Trinajstić information content (AvgIpc) is 2.66. The number of nitrogens with two attached hydrogens (primary N) is 1. The van der Waals surface area contributed by atoms with E-state index in [4.69, 9.17) is 10.5 Å². The third kappa shape index (κ3) is 3.32. The van der Waals surface area contributed by atoms with E-state index < -0.39 is 5.97 Å². The Balaban J connectivity index is 2.59. The van der Waals surface area contributed by atoms with Gasteiger partial charge in [-0.2, -0.15) is 0 Å². The van der Waals surface area contributed by atoms with Gasteiger partial charge >= 0.3 is 5.97 Å². The second-order valence-electron chi connectivity index (χ2n) is 3.20. The first-order valence-electron chi connectivity index (χ1n) is 5.01. The van der Waals surface area contributed by atoms with E-state index >= 15 is 0 Å². The second-order valence-corrected chi connectivity index (χ2v) is 3.20. The van der Waals surface area contributed by atoms with Crippen molar-refractivity contribution in [3.63, 3.8) is 0 Å². The number of hydrogen-bond donors (Lipinski definition) is 2. The number of rotatable bonds is 5. The minimum Gasteiger partial charge on any atom is -0.460 e. The van der Waals surface area contributed by atoms with Crippen molar-refractivity contribution in [3.8, 4) is 0 Å². The van der Waals surface area contributed by atoms with Crippen molar-refractivity contribution in [1.82, 2.24) is 15.2 Å². The number of ether oxygens (including phenoxy) is 1. The molecule has 0 spiro atoms. The SMILES string of the molecule is CCOC(=O)c1n[nH]c(CC(N)CC)n1. The molecule has 0 aliphatic rings. The van der Waals surface area contributed by atoms with Crippen LogP contribution in [0.2, 0.25) is 0 Å². The lowest BCUT2D eigenvalue weighted by molar-refractivity contribution is 0.0512. The monoisotopic (exact) mass is 212 g/mol. The summed E-state index contributed by atoms with van der Waals surface area (Å²) in [5, 5.41) is 6.42. The molecule has 1 aromatic heterocycles. The molecule has 1 aromatic rings. The fraction of sp³-hybridized carbons (Fsp3) is 0.667. The normalized spacial score (nSPS) is 12.5. The number of aromatic nitrogens is 3. The van der Waals surface area contributed by atoms with E-state index in [1.807, 2.05) is 6.92 Å². The zero-order valence-electron chi connectivity index (χ0n) is 8.99. The lowest BCUT2D eigenvalue weighted by Gasteiger charge is -2.03. The van der Waals surface area contributed by atoms with Gasteiger partial charge in [-0.05, 0) is 13.3 Å². The van der Waals surface area contributed by atoms with Crippen LogP contribution in [0, 0.1) is 0 Å². The summed E-state index contributed by atoms with van der Waals surface area (Å²) in [5.74, 6) is 0.174. The predicted octanol–water partition coefficient (Wildman–Crippen LogP) is 0.261. The van der Waals surface area contributed by atoms with Gasteiger partial charge < -0.3 is 10.5 Å². The molecule has 0 aromatic carbocycles. The highest BCUT2D eigenvalue weighted by Gasteiger charge is 2.14. The molecule has 15 heavy (non-hydrogen) atoms. The van der Waals surface area contributed by atoms with E-state index in [1.54, 1.807) is 6.92 Å². The molecule has 1 heterocycles. The summed E-state index contributed by atoms with van der Waals surface area (Å²) in [6.07, 6.45) is 1.44. The van der Waals surface area contributed by atoms with Gasteiger partial charge in [-0.15, -0.1) is 5.10 Å². The van der Waals surface area contributed by atoms with Gasteiger partial charge in [0.25, 0.3) is 5.82 Å². The first kappa shape index (κ1) is 11.6. The lowest BCUT2D eigenvalue weighted by atomic mass is 10.2. The van der Waals surface area contributed by atoms with Crippen LogP contribution in [0.25, 0.3) is 0 Å². The van der Waals surface area contributed by atoms with Crippen LogP contribution in [0.1, 0.15) is 36.7 Å². The van der Waals surface area contributed by atoms with Gasteiger partial charge in [-0.1, -0.05) is 6.92 Å². The summed E-state index contributed by atoms with van der Waals surface area (Å²) in [5.41, 5.74) is 5.75. The number of carbonyl (C=O) groups is 1. The maximum absolute atomic E-state index is 11.2. The molecule has 0 aliphatic heterocycles. The maximum Gasteiger partial charge on any atom is 0.378 e.